The van der Waals surface area contributed by atoms with E-state index in [1.165, 1.54) is 0 Å². The van der Waals surface area contributed by atoms with E-state index in [9.17, 15) is 23.5 Å². The van der Waals surface area contributed by atoms with E-state index in [-0.39, 0.29) is 13.1 Å². The number of rotatable bonds is 4. The minimum absolute atomic E-state index is 0.141. The molecule has 1 aromatic heterocycles. The topological polar surface area (TPSA) is 86.1 Å². The predicted molar refractivity (Wildman–Crippen MR) is 84.5 cm³/mol. The van der Waals surface area contributed by atoms with E-state index in [1.807, 2.05) is 4.90 Å². The van der Waals surface area contributed by atoms with Crippen molar-refractivity contribution >= 4 is 17.7 Å². The van der Waals surface area contributed by atoms with Crippen LogP contribution in [0.2, 0.25) is 0 Å². The monoisotopic (exact) mass is 352 g/mol. The first-order chi connectivity index (χ1) is 11.9. The van der Waals surface area contributed by atoms with Gasteiger partial charge in [0.15, 0.2) is 5.54 Å². The van der Waals surface area contributed by atoms with Crippen molar-refractivity contribution in [3.05, 3.63) is 30.1 Å². The summed E-state index contributed by atoms with van der Waals surface area (Å²) in [6.07, 6.45) is 1.11. The maximum atomic E-state index is 12.6. The van der Waals surface area contributed by atoms with E-state index in [0.29, 0.717) is 37.3 Å². The molecule has 9 heteroatoms. The lowest BCUT2D eigenvalue weighted by Crippen LogP contribution is -2.52. The molecule has 0 aromatic carbocycles. The Morgan fingerprint density at radius 1 is 1.20 bits per heavy atom. The lowest BCUT2D eigenvalue weighted by molar-refractivity contribution is -0.144. The number of aromatic nitrogens is 1. The molecule has 2 aliphatic rings. The van der Waals surface area contributed by atoms with Crippen LogP contribution in [0.25, 0.3) is 0 Å². The molecular weight excluding hydrogens is 334 g/mol. The molecule has 7 nitrogen and oxygen atoms in total. The summed E-state index contributed by atoms with van der Waals surface area (Å²) in [5, 5.41) is 9.40. The summed E-state index contributed by atoms with van der Waals surface area (Å²) in [5.74, 6) is -1.67. The number of carbonyl (C=O) groups is 2. The van der Waals surface area contributed by atoms with Gasteiger partial charge in [-0.05, 0) is 25.0 Å². The molecule has 1 saturated carbocycles. The third-order valence-electron chi connectivity index (χ3n) is 4.44. The smallest absolute Gasteiger partial charge is 0.331 e. The van der Waals surface area contributed by atoms with Crippen LogP contribution in [0.1, 0.15) is 18.4 Å². The third kappa shape index (κ3) is 3.59. The number of carbonyl (C=O) groups excluding carboxylic acids is 1. The van der Waals surface area contributed by atoms with E-state index in [0.717, 1.165) is 4.90 Å². The molecule has 1 saturated heterocycles. The first kappa shape index (κ1) is 17.2. The number of pyridine rings is 1. The van der Waals surface area contributed by atoms with Crippen molar-refractivity contribution in [2.75, 3.05) is 26.2 Å². The Morgan fingerprint density at radius 3 is 2.32 bits per heavy atom. The second-order valence-electron chi connectivity index (χ2n) is 6.13. The number of hydrogen-bond acceptors (Lipinski definition) is 4. The number of amidine groups is 1. The van der Waals surface area contributed by atoms with Crippen molar-refractivity contribution in [3.63, 3.8) is 0 Å². The molecule has 25 heavy (non-hydrogen) atoms. The van der Waals surface area contributed by atoms with Gasteiger partial charge in [-0.2, -0.15) is 8.78 Å². The summed E-state index contributed by atoms with van der Waals surface area (Å²) in [6.45, 7) is 0.898. The van der Waals surface area contributed by atoms with Crippen molar-refractivity contribution in [1.29, 1.82) is 0 Å². The number of aliphatic imine (C=N–C) groups is 1. The van der Waals surface area contributed by atoms with Crippen LogP contribution in [0.15, 0.2) is 29.5 Å². The Labute approximate surface area is 143 Å². The Kier molecular flexibility index (Phi) is 4.65. The zero-order valence-electron chi connectivity index (χ0n) is 13.4. The Morgan fingerprint density at radius 2 is 1.84 bits per heavy atom. The standard InChI is InChI=1S/C16H18F2N4O3/c17-12(18)14(23)22-8-6-21(7-9-22)13(11-2-1-5-19-10-11)20-16(3-4-16)15(24)25/h1-2,5,10,12H,3-4,6-9H2,(H,24,25). The van der Waals surface area contributed by atoms with Gasteiger partial charge < -0.3 is 14.9 Å². The second kappa shape index (κ2) is 6.73. The van der Waals surface area contributed by atoms with E-state index in [2.05, 4.69) is 9.98 Å². The quantitative estimate of drug-likeness (QED) is 0.641. The van der Waals surface area contributed by atoms with Crippen LogP contribution in [-0.4, -0.2) is 75.7 Å². The number of piperazine rings is 1. The zero-order chi connectivity index (χ0) is 18.0. The zero-order valence-corrected chi connectivity index (χ0v) is 13.4. The minimum atomic E-state index is -3.01. The number of hydrogen-bond donors (Lipinski definition) is 1. The van der Waals surface area contributed by atoms with Gasteiger partial charge in [0.25, 0.3) is 5.91 Å². The number of aliphatic carboxylic acids is 1. The lowest BCUT2D eigenvalue weighted by Gasteiger charge is -2.36. The van der Waals surface area contributed by atoms with E-state index < -0.39 is 23.8 Å². The SMILES string of the molecule is O=C(C(F)F)N1CCN(C(=NC2(C(=O)O)CC2)c2cccnc2)CC1. The molecule has 1 N–H and O–H groups in total. The van der Waals surface area contributed by atoms with Crippen molar-refractivity contribution in [3.8, 4) is 0 Å². The molecule has 134 valence electrons. The van der Waals surface area contributed by atoms with Crippen LogP contribution in [0.3, 0.4) is 0 Å². The Balaban J connectivity index is 1.81. The number of carboxylic acid groups (broad SMARTS) is 1. The maximum Gasteiger partial charge on any atom is 0.331 e. The molecule has 0 radical (unpaired) electrons. The van der Waals surface area contributed by atoms with Crippen molar-refractivity contribution in [2.45, 2.75) is 24.8 Å². The van der Waals surface area contributed by atoms with Crippen LogP contribution in [-0.2, 0) is 9.59 Å². The van der Waals surface area contributed by atoms with Gasteiger partial charge in [0, 0.05) is 44.1 Å². The van der Waals surface area contributed by atoms with Gasteiger partial charge in [-0.3, -0.25) is 9.78 Å². The number of amides is 1. The highest BCUT2D eigenvalue weighted by atomic mass is 19.3. The molecule has 0 unspecified atom stereocenters. The van der Waals surface area contributed by atoms with Gasteiger partial charge in [-0.25, -0.2) is 9.79 Å². The molecule has 3 rings (SSSR count). The Hall–Kier alpha value is -2.58. The average molecular weight is 352 g/mol. The highest BCUT2D eigenvalue weighted by molar-refractivity contribution is 6.01. The first-order valence-electron chi connectivity index (χ1n) is 7.98. The van der Waals surface area contributed by atoms with Gasteiger partial charge in [-0.15, -0.1) is 0 Å². The van der Waals surface area contributed by atoms with Crippen molar-refractivity contribution < 1.29 is 23.5 Å². The second-order valence-corrected chi connectivity index (χ2v) is 6.13. The molecular formula is C16H18F2N4O3. The largest absolute Gasteiger partial charge is 0.479 e. The van der Waals surface area contributed by atoms with Crippen LogP contribution >= 0.6 is 0 Å². The molecule has 1 amide bonds. The lowest BCUT2D eigenvalue weighted by atomic mass is 10.2. The molecule has 1 aromatic rings. The summed E-state index contributed by atoms with van der Waals surface area (Å²) in [4.78, 5) is 34.3. The number of nitrogens with zero attached hydrogens (tertiary/aromatic N) is 4. The molecule has 0 bridgehead atoms. The van der Waals surface area contributed by atoms with E-state index in [4.69, 9.17) is 0 Å². The first-order valence-corrected chi connectivity index (χ1v) is 7.98. The van der Waals surface area contributed by atoms with Crippen molar-refractivity contribution in [1.82, 2.24) is 14.8 Å². The number of alkyl halides is 2. The van der Waals surface area contributed by atoms with Crippen LogP contribution < -0.4 is 0 Å². The van der Waals surface area contributed by atoms with Gasteiger partial charge in [0.2, 0.25) is 0 Å². The maximum absolute atomic E-state index is 12.6. The summed E-state index contributed by atoms with van der Waals surface area (Å²) in [6, 6.07) is 3.50. The van der Waals surface area contributed by atoms with Crippen LogP contribution in [0, 0.1) is 0 Å². The fraction of sp³-hybridized carbons (Fsp3) is 0.500. The molecule has 2 heterocycles. The highest BCUT2D eigenvalue weighted by Crippen LogP contribution is 2.40. The average Bonchev–Trinajstić information content (AvgIpc) is 3.41. The fourth-order valence-electron chi connectivity index (χ4n) is 2.78. The summed E-state index contributed by atoms with van der Waals surface area (Å²) in [5.41, 5.74) is -0.440. The summed E-state index contributed by atoms with van der Waals surface area (Å²) in [7, 11) is 0. The van der Waals surface area contributed by atoms with Gasteiger partial charge in [-0.1, -0.05) is 0 Å². The predicted octanol–water partition coefficient (Wildman–Crippen LogP) is 0.855. The molecule has 1 aliphatic heterocycles. The van der Waals surface area contributed by atoms with Gasteiger partial charge >= 0.3 is 12.4 Å². The summed E-state index contributed by atoms with van der Waals surface area (Å²) >= 11 is 0. The number of carboxylic acids is 1. The highest BCUT2D eigenvalue weighted by Gasteiger charge is 2.51. The third-order valence-corrected chi connectivity index (χ3v) is 4.44. The normalized spacial score (nSPS) is 19.9. The summed E-state index contributed by atoms with van der Waals surface area (Å²) < 4.78 is 25.1. The van der Waals surface area contributed by atoms with E-state index in [1.54, 1.807) is 24.5 Å². The van der Waals surface area contributed by atoms with Crippen molar-refractivity contribution in [2.24, 2.45) is 4.99 Å². The molecule has 0 atom stereocenters. The van der Waals surface area contributed by atoms with Crippen LogP contribution in [0.4, 0.5) is 8.78 Å². The molecule has 1 aliphatic carbocycles. The van der Waals surface area contributed by atoms with Crippen LogP contribution in [0.5, 0.6) is 0 Å². The van der Waals surface area contributed by atoms with Gasteiger partial charge in [0.1, 0.15) is 5.84 Å². The fourth-order valence-corrected chi connectivity index (χ4v) is 2.78. The number of halogens is 2. The Bertz CT molecular complexity index is 684. The molecule has 0 spiro atoms. The van der Waals surface area contributed by atoms with E-state index >= 15 is 0 Å². The molecule has 2 fully saturated rings. The van der Waals surface area contributed by atoms with Gasteiger partial charge in [0.05, 0.1) is 0 Å². The minimum Gasteiger partial charge on any atom is -0.479 e.